The fourth-order valence-corrected chi connectivity index (χ4v) is 4.87. The third-order valence-corrected chi connectivity index (χ3v) is 6.53. The zero-order valence-corrected chi connectivity index (χ0v) is 17.9. The minimum absolute atomic E-state index is 0.00217. The summed E-state index contributed by atoms with van der Waals surface area (Å²) in [6.07, 6.45) is 5.03. The van der Waals surface area contributed by atoms with Crippen LogP contribution in [0.25, 0.3) is 5.57 Å². The van der Waals surface area contributed by atoms with E-state index >= 15 is 0 Å². The Labute approximate surface area is 175 Å². The number of nitrogens with one attached hydrogen (secondary N) is 1. The number of amides is 1. The van der Waals surface area contributed by atoms with Gasteiger partial charge in [-0.2, -0.15) is 0 Å². The van der Waals surface area contributed by atoms with Gasteiger partial charge in [-0.25, -0.2) is 0 Å². The quantitative estimate of drug-likeness (QED) is 0.594. The van der Waals surface area contributed by atoms with Crippen LogP contribution in [-0.2, 0) is 4.79 Å². The van der Waals surface area contributed by atoms with Crippen molar-refractivity contribution in [3.63, 3.8) is 0 Å². The van der Waals surface area contributed by atoms with Crippen LogP contribution >= 0.6 is 0 Å². The number of likely N-dealkylation sites (N-methyl/N-ethyl adjacent to an activating group) is 1. The maximum atomic E-state index is 12.8. The first-order valence-corrected chi connectivity index (χ1v) is 10.4. The Bertz CT molecular complexity index is 939. The Morgan fingerprint density at radius 3 is 2.24 bits per heavy atom. The van der Waals surface area contributed by atoms with E-state index in [1.165, 1.54) is 22.3 Å². The number of hydrogen-bond acceptors (Lipinski definition) is 1. The van der Waals surface area contributed by atoms with Gasteiger partial charge in [0.25, 0.3) is 0 Å². The lowest BCUT2D eigenvalue weighted by Gasteiger charge is -2.47. The summed E-state index contributed by atoms with van der Waals surface area (Å²) in [6, 6.07) is 21.1. The van der Waals surface area contributed by atoms with Gasteiger partial charge in [0.15, 0.2) is 0 Å². The molecule has 1 aliphatic carbocycles. The molecule has 2 heteroatoms. The summed E-state index contributed by atoms with van der Waals surface area (Å²) in [5.74, 6) is 0.0950. The van der Waals surface area contributed by atoms with Crippen molar-refractivity contribution in [3.8, 4) is 0 Å². The van der Waals surface area contributed by atoms with E-state index in [1.807, 2.05) is 12.1 Å². The zero-order chi connectivity index (χ0) is 21.0. The third-order valence-electron chi connectivity index (χ3n) is 6.53. The highest BCUT2D eigenvalue weighted by molar-refractivity contribution is 5.97. The van der Waals surface area contributed by atoms with Gasteiger partial charge in [0.1, 0.15) is 0 Å². The molecule has 3 atom stereocenters. The van der Waals surface area contributed by atoms with Crippen molar-refractivity contribution in [2.45, 2.75) is 33.1 Å². The Balaban J connectivity index is 2.33. The van der Waals surface area contributed by atoms with E-state index in [-0.39, 0.29) is 23.2 Å². The van der Waals surface area contributed by atoms with Crippen molar-refractivity contribution in [2.75, 3.05) is 7.05 Å². The maximum absolute atomic E-state index is 12.8. The molecular weight excluding hydrogens is 354 g/mol. The predicted octanol–water partition coefficient (Wildman–Crippen LogP) is 6.15. The molecule has 1 N–H and O–H groups in total. The van der Waals surface area contributed by atoms with E-state index in [0.29, 0.717) is 0 Å². The summed E-state index contributed by atoms with van der Waals surface area (Å²) < 4.78 is 0. The van der Waals surface area contributed by atoms with Gasteiger partial charge in [-0.15, -0.1) is 6.58 Å². The van der Waals surface area contributed by atoms with Crippen molar-refractivity contribution < 1.29 is 4.79 Å². The molecular formula is C27H31NO. The molecule has 1 aliphatic rings. The Kier molecular flexibility index (Phi) is 6.22. The Morgan fingerprint density at radius 2 is 1.72 bits per heavy atom. The molecule has 2 aromatic rings. The van der Waals surface area contributed by atoms with Crippen LogP contribution in [-0.4, -0.2) is 13.0 Å². The molecule has 3 unspecified atom stereocenters. The van der Waals surface area contributed by atoms with E-state index in [9.17, 15) is 4.79 Å². The molecule has 0 spiro atoms. The van der Waals surface area contributed by atoms with E-state index < -0.39 is 0 Å². The highest BCUT2D eigenvalue weighted by Gasteiger charge is 2.47. The van der Waals surface area contributed by atoms with E-state index in [4.69, 9.17) is 0 Å². The van der Waals surface area contributed by atoms with Crippen LogP contribution in [0, 0.1) is 11.3 Å². The van der Waals surface area contributed by atoms with Crippen molar-refractivity contribution in [1.82, 2.24) is 5.32 Å². The topological polar surface area (TPSA) is 29.1 Å². The molecule has 29 heavy (non-hydrogen) atoms. The molecule has 0 bridgehead atoms. The van der Waals surface area contributed by atoms with Gasteiger partial charge in [0.05, 0.1) is 0 Å². The van der Waals surface area contributed by atoms with Gasteiger partial charge < -0.3 is 5.32 Å². The molecule has 0 aromatic heterocycles. The first-order chi connectivity index (χ1) is 14.0. The normalized spacial score (nSPS) is 22.6. The molecule has 0 heterocycles. The van der Waals surface area contributed by atoms with Gasteiger partial charge in [-0.05, 0) is 40.7 Å². The summed E-state index contributed by atoms with van der Waals surface area (Å²) in [5.41, 5.74) is 5.50. The minimum atomic E-state index is -0.313. The molecule has 0 saturated heterocycles. The second-order valence-electron chi connectivity index (χ2n) is 7.93. The number of benzene rings is 2. The fraction of sp³-hybridized carbons (Fsp3) is 0.296. The lowest BCUT2D eigenvalue weighted by molar-refractivity contribution is -0.117. The number of rotatable bonds is 6. The zero-order valence-electron chi connectivity index (χ0n) is 17.9. The summed E-state index contributed by atoms with van der Waals surface area (Å²) >= 11 is 0. The number of carbonyl (C=O) groups is 1. The highest BCUT2D eigenvalue weighted by atomic mass is 16.1. The maximum Gasteiger partial charge on any atom is 0.247 e. The predicted molar refractivity (Wildman–Crippen MR) is 122 cm³/mol. The summed E-state index contributed by atoms with van der Waals surface area (Å²) in [5, 5.41) is 2.84. The summed E-state index contributed by atoms with van der Waals surface area (Å²) in [4.78, 5) is 12.8. The minimum Gasteiger partial charge on any atom is -0.355 e. The molecule has 2 nitrogen and oxygen atoms in total. The molecule has 150 valence electrons. The molecule has 0 aliphatic heterocycles. The molecule has 0 radical (unpaired) electrons. The van der Waals surface area contributed by atoms with Crippen molar-refractivity contribution in [2.24, 2.45) is 11.3 Å². The van der Waals surface area contributed by atoms with Gasteiger partial charge in [0, 0.05) is 24.0 Å². The highest BCUT2D eigenvalue weighted by Crippen LogP contribution is 2.57. The second-order valence-corrected chi connectivity index (χ2v) is 7.93. The molecule has 2 aromatic carbocycles. The van der Waals surface area contributed by atoms with Crippen molar-refractivity contribution in [1.29, 1.82) is 0 Å². The molecule has 1 amide bonds. The van der Waals surface area contributed by atoms with Gasteiger partial charge in [0.2, 0.25) is 5.91 Å². The van der Waals surface area contributed by atoms with Crippen LogP contribution in [0.1, 0.15) is 44.2 Å². The van der Waals surface area contributed by atoms with E-state index in [1.54, 1.807) is 7.05 Å². The lowest BCUT2D eigenvalue weighted by Crippen LogP contribution is -2.40. The average Bonchev–Trinajstić information content (AvgIpc) is 2.76. The first kappa shape index (κ1) is 20.9. The Morgan fingerprint density at radius 1 is 1.14 bits per heavy atom. The number of hydrogen-bond donors (Lipinski definition) is 1. The largest absolute Gasteiger partial charge is 0.355 e. The van der Waals surface area contributed by atoms with Crippen molar-refractivity contribution in [3.05, 3.63) is 102 Å². The molecule has 0 fully saturated rings. The van der Waals surface area contributed by atoms with Gasteiger partial charge >= 0.3 is 0 Å². The van der Waals surface area contributed by atoms with Crippen LogP contribution in [0.5, 0.6) is 0 Å². The van der Waals surface area contributed by atoms with Gasteiger partial charge in [-0.1, -0.05) is 87.5 Å². The molecule has 0 saturated carbocycles. The SMILES string of the molecule is C=CC(c1ccccc1)C1(C)C(c2ccccc2)=C(CC)C=C(C(=O)NC)C1C. The van der Waals surface area contributed by atoms with Crippen LogP contribution in [0.3, 0.4) is 0 Å². The van der Waals surface area contributed by atoms with Crippen molar-refractivity contribution >= 4 is 11.5 Å². The summed E-state index contributed by atoms with van der Waals surface area (Å²) in [6.45, 7) is 10.9. The first-order valence-electron chi connectivity index (χ1n) is 10.4. The standard InChI is InChI=1S/C27H31NO/c1-6-20-18-23(26(29)28-5)19(3)27(4,25(20)22-16-12-9-13-17-22)24(7-2)21-14-10-8-11-15-21/h7-19,24H,2,6H2,1,3-5H3,(H,28,29). The van der Waals surface area contributed by atoms with Gasteiger partial charge in [-0.3, -0.25) is 4.79 Å². The van der Waals surface area contributed by atoms with E-state index in [0.717, 1.165) is 12.0 Å². The average molecular weight is 386 g/mol. The van der Waals surface area contributed by atoms with E-state index in [2.05, 4.69) is 93.3 Å². The molecule has 3 rings (SSSR count). The second kappa shape index (κ2) is 8.65. The fourth-order valence-electron chi connectivity index (χ4n) is 4.87. The van der Waals surface area contributed by atoms with Crippen LogP contribution in [0.2, 0.25) is 0 Å². The van der Waals surface area contributed by atoms with Crippen LogP contribution < -0.4 is 5.32 Å². The van der Waals surface area contributed by atoms with Crippen LogP contribution in [0.4, 0.5) is 0 Å². The number of allylic oxidation sites excluding steroid dienone is 4. The van der Waals surface area contributed by atoms with Crippen LogP contribution in [0.15, 0.2) is 90.5 Å². The lowest BCUT2D eigenvalue weighted by atomic mass is 9.55. The smallest absolute Gasteiger partial charge is 0.247 e. The number of carbonyl (C=O) groups excluding carboxylic acids is 1. The third kappa shape index (κ3) is 3.60. The monoisotopic (exact) mass is 385 g/mol. The Hall–Kier alpha value is -2.87. The summed E-state index contributed by atoms with van der Waals surface area (Å²) in [7, 11) is 1.71.